The van der Waals surface area contributed by atoms with Crippen LogP contribution in [-0.2, 0) is 11.2 Å². The van der Waals surface area contributed by atoms with Crippen LogP contribution >= 0.6 is 11.6 Å². The van der Waals surface area contributed by atoms with E-state index in [2.05, 4.69) is 0 Å². The molecule has 2 nitrogen and oxygen atoms in total. The number of alkyl halides is 1. The molecule has 0 amide bonds. The minimum absolute atomic E-state index is 0.631. The van der Waals surface area contributed by atoms with Gasteiger partial charge in [0.05, 0.1) is 0 Å². The summed E-state index contributed by atoms with van der Waals surface area (Å²) >= 11 is 5.64. The number of benzene rings is 1. The van der Waals surface area contributed by atoms with Crippen molar-refractivity contribution in [2.45, 2.75) is 18.7 Å². The van der Waals surface area contributed by atoms with Gasteiger partial charge in [0, 0.05) is 0 Å². The van der Waals surface area contributed by atoms with Gasteiger partial charge >= 0.3 is 5.97 Å². The minimum atomic E-state index is -1.01. The lowest BCUT2D eigenvalue weighted by Crippen LogP contribution is -2.04. The topological polar surface area (TPSA) is 37.3 Å². The number of hydrogen-bond donors (Lipinski definition) is 1. The molecule has 13 heavy (non-hydrogen) atoms. The van der Waals surface area contributed by atoms with Crippen LogP contribution in [0, 0.1) is 0 Å². The van der Waals surface area contributed by atoms with E-state index in [1.54, 1.807) is 12.1 Å². The fraction of sp³-hybridized carbons (Fsp3) is 0.300. The summed E-state index contributed by atoms with van der Waals surface area (Å²) in [6.45, 7) is 2.05. The largest absolute Gasteiger partial charge is 0.480 e. The summed E-state index contributed by atoms with van der Waals surface area (Å²) in [4.78, 5) is 10.5. The lowest BCUT2D eigenvalue weighted by Gasteiger charge is -2.04. The Bertz CT molecular complexity index is 292. The fourth-order valence-corrected chi connectivity index (χ4v) is 1.21. The Morgan fingerprint density at radius 2 is 2.00 bits per heavy atom. The van der Waals surface area contributed by atoms with Crippen molar-refractivity contribution in [2.75, 3.05) is 0 Å². The lowest BCUT2D eigenvalue weighted by molar-refractivity contribution is -0.136. The predicted molar refractivity (Wildman–Crippen MR) is 52.0 cm³/mol. The zero-order chi connectivity index (χ0) is 9.84. The number of rotatable bonds is 3. The third kappa shape index (κ3) is 2.46. The van der Waals surface area contributed by atoms with Gasteiger partial charge in [-0.05, 0) is 17.5 Å². The Hall–Kier alpha value is -1.02. The van der Waals surface area contributed by atoms with Crippen molar-refractivity contribution in [2.24, 2.45) is 0 Å². The molecule has 0 aromatic heterocycles. The molecule has 1 aromatic rings. The zero-order valence-electron chi connectivity index (χ0n) is 7.33. The third-order valence-electron chi connectivity index (χ3n) is 1.90. The summed E-state index contributed by atoms with van der Waals surface area (Å²) < 4.78 is 0. The van der Waals surface area contributed by atoms with E-state index in [-0.39, 0.29) is 0 Å². The Balaban J connectivity index is 2.85. The highest BCUT2D eigenvalue weighted by Gasteiger charge is 2.15. The van der Waals surface area contributed by atoms with Crippen molar-refractivity contribution < 1.29 is 9.90 Å². The standard InChI is InChI=1S/C10H11ClO2/c1-2-7-3-5-8(6-4-7)9(11)10(12)13/h3-6,9H,2H2,1H3,(H,12,13). The van der Waals surface area contributed by atoms with Crippen LogP contribution in [0.4, 0.5) is 0 Å². The van der Waals surface area contributed by atoms with Crippen LogP contribution in [0.2, 0.25) is 0 Å². The van der Waals surface area contributed by atoms with Crippen LogP contribution < -0.4 is 0 Å². The molecule has 1 aromatic carbocycles. The number of carbonyl (C=O) groups is 1. The highest BCUT2D eigenvalue weighted by molar-refractivity contribution is 6.29. The average Bonchev–Trinajstić information content (AvgIpc) is 2.17. The average molecular weight is 199 g/mol. The van der Waals surface area contributed by atoms with Gasteiger partial charge in [-0.1, -0.05) is 31.2 Å². The number of carboxylic acid groups (broad SMARTS) is 1. The van der Waals surface area contributed by atoms with Crippen LogP contribution in [0.1, 0.15) is 23.4 Å². The molecule has 0 spiro atoms. The Morgan fingerprint density at radius 1 is 1.46 bits per heavy atom. The summed E-state index contributed by atoms with van der Waals surface area (Å²) in [5.41, 5.74) is 1.81. The molecule has 0 aliphatic carbocycles. The normalized spacial score (nSPS) is 12.5. The third-order valence-corrected chi connectivity index (χ3v) is 2.34. The van der Waals surface area contributed by atoms with Gasteiger partial charge in [-0.25, -0.2) is 0 Å². The molecule has 0 radical (unpaired) electrons. The first-order chi connectivity index (χ1) is 6.15. The highest BCUT2D eigenvalue weighted by Crippen LogP contribution is 2.20. The van der Waals surface area contributed by atoms with E-state index in [4.69, 9.17) is 16.7 Å². The van der Waals surface area contributed by atoms with E-state index in [1.165, 1.54) is 5.56 Å². The Kier molecular flexibility index (Phi) is 3.32. The van der Waals surface area contributed by atoms with Gasteiger partial charge in [0.25, 0.3) is 0 Å². The molecule has 1 N–H and O–H groups in total. The van der Waals surface area contributed by atoms with Crippen molar-refractivity contribution in [3.63, 3.8) is 0 Å². The summed E-state index contributed by atoms with van der Waals surface area (Å²) in [5.74, 6) is -1.01. The smallest absolute Gasteiger partial charge is 0.326 e. The molecule has 0 saturated carbocycles. The van der Waals surface area contributed by atoms with E-state index in [0.717, 1.165) is 6.42 Å². The number of carboxylic acids is 1. The lowest BCUT2D eigenvalue weighted by atomic mass is 10.1. The predicted octanol–water partition coefficient (Wildman–Crippen LogP) is 2.61. The van der Waals surface area contributed by atoms with Gasteiger partial charge in [-0.3, -0.25) is 4.79 Å². The van der Waals surface area contributed by atoms with E-state index in [0.29, 0.717) is 5.56 Å². The summed E-state index contributed by atoms with van der Waals surface area (Å²) in [5, 5.41) is 7.69. The number of halogens is 1. The highest BCUT2D eigenvalue weighted by atomic mass is 35.5. The van der Waals surface area contributed by atoms with Crippen LogP contribution in [0.25, 0.3) is 0 Å². The molecule has 3 heteroatoms. The van der Waals surface area contributed by atoms with Gasteiger partial charge in [-0.15, -0.1) is 11.6 Å². The molecule has 1 atom stereocenters. The second-order valence-corrected chi connectivity index (χ2v) is 3.23. The maximum atomic E-state index is 10.5. The van der Waals surface area contributed by atoms with Crippen molar-refractivity contribution >= 4 is 17.6 Å². The molecule has 0 fully saturated rings. The molecule has 0 saturated heterocycles. The van der Waals surface area contributed by atoms with E-state index >= 15 is 0 Å². The van der Waals surface area contributed by atoms with E-state index < -0.39 is 11.3 Å². The number of hydrogen-bond acceptors (Lipinski definition) is 1. The van der Waals surface area contributed by atoms with Crippen molar-refractivity contribution in [1.82, 2.24) is 0 Å². The first-order valence-electron chi connectivity index (χ1n) is 4.11. The SMILES string of the molecule is CCc1ccc(C(Cl)C(=O)O)cc1. The maximum Gasteiger partial charge on any atom is 0.326 e. The van der Waals surface area contributed by atoms with E-state index in [1.807, 2.05) is 19.1 Å². The monoisotopic (exact) mass is 198 g/mol. The van der Waals surface area contributed by atoms with Crippen molar-refractivity contribution in [3.8, 4) is 0 Å². The van der Waals surface area contributed by atoms with Gasteiger partial charge in [0.1, 0.15) is 0 Å². The first kappa shape index (κ1) is 10.1. The first-order valence-corrected chi connectivity index (χ1v) is 4.54. The molecular formula is C10H11ClO2. The molecule has 1 unspecified atom stereocenters. The second kappa shape index (κ2) is 4.28. The molecule has 0 bridgehead atoms. The van der Waals surface area contributed by atoms with Crippen LogP contribution in [0.3, 0.4) is 0 Å². The molecule has 1 rings (SSSR count). The molecule has 70 valence electrons. The zero-order valence-corrected chi connectivity index (χ0v) is 8.08. The maximum absolute atomic E-state index is 10.5. The minimum Gasteiger partial charge on any atom is -0.480 e. The Labute approximate surface area is 82.2 Å². The quantitative estimate of drug-likeness (QED) is 0.759. The van der Waals surface area contributed by atoms with Crippen molar-refractivity contribution in [1.29, 1.82) is 0 Å². The van der Waals surface area contributed by atoms with Gasteiger partial charge in [-0.2, -0.15) is 0 Å². The number of aliphatic carboxylic acids is 1. The molecular weight excluding hydrogens is 188 g/mol. The van der Waals surface area contributed by atoms with Crippen LogP contribution in [-0.4, -0.2) is 11.1 Å². The molecule has 0 aliphatic heterocycles. The van der Waals surface area contributed by atoms with Crippen LogP contribution in [0.15, 0.2) is 24.3 Å². The summed E-state index contributed by atoms with van der Waals surface area (Å²) in [7, 11) is 0. The Morgan fingerprint density at radius 3 is 2.38 bits per heavy atom. The summed E-state index contributed by atoms with van der Waals surface area (Å²) in [6, 6.07) is 7.30. The fourth-order valence-electron chi connectivity index (χ4n) is 1.06. The summed E-state index contributed by atoms with van der Waals surface area (Å²) in [6.07, 6.45) is 0.945. The van der Waals surface area contributed by atoms with E-state index in [9.17, 15) is 4.79 Å². The van der Waals surface area contributed by atoms with Gasteiger partial charge in [0.15, 0.2) is 5.38 Å². The number of aryl methyl sites for hydroxylation is 1. The van der Waals surface area contributed by atoms with Crippen molar-refractivity contribution in [3.05, 3.63) is 35.4 Å². The van der Waals surface area contributed by atoms with Gasteiger partial charge in [0.2, 0.25) is 0 Å². The second-order valence-electron chi connectivity index (χ2n) is 2.80. The molecule has 0 aliphatic rings. The van der Waals surface area contributed by atoms with Gasteiger partial charge < -0.3 is 5.11 Å². The molecule has 0 heterocycles. The van der Waals surface area contributed by atoms with Crippen LogP contribution in [0.5, 0.6) is 0 Å².